The van der Waals surface area contributed by atoms with E-state index in [9.17, 15) is 0 Å². The van der Waals surface area contributed by atoms with Crippen LogP contribution in [-0.2, 0) is 0 Å². The molecule has 0 aromatic heterocycles. The number of hydrogen-bond acceptors (Lipinski definition) is 1. The van der Waals surface area contributed by atoms with E-state index in [2.05, 4.69) is 5.32 Å². The molecule has 3 heteroatoms. The number of hydrogen-bond donors (Lipinski definition) is 1. The van der Waals surface area contributed by atoms with Crippen LogP contribution in [0.25, 0.3) is 0 Å². The van der Waals surface area contributed by atoms with E-state index < -0.39 is 0 Å². The molecule has 0 bridgehead atoms. The maximum atomic E-state index is 5.29. The number of rotatable bonds is 2. The second-order valence-corrected chi connectivity index (χ2v) is 3.59. The first-order chi connectivity index (χ1) is 7.36. The van der Waals surface area contributed by atoms with Gasteiger partial charge in [-0.05, 0) is 12.1 Å². The van der Waals surface area contributed by atoms with Crippen LogP contribution in [0.3, 0.4) is 0 Å². The Bertz CT molecular complexity index is 442. The summed E-state index contributed by atoms with van der Waals surface area (Å²) >= 11 is 5.29. The molecule has 0 aliphatic carbocycles. The van der Waals surface area contributed by atoms with E-state index in [-0.39, 0.29) is 27.3 Å². The van der Waals surface area contributed by atoms with E-state index in [1.54, 1.807) is 0 Å². The van der Waals surface area contributed by atoms with Crippen molar-refractivity contribution in [2.24, 2.45) is 0 Å². The average Bonchev–Trinajstić information content (AvgIpc) is 2.31. The van der Waals surface area contributed by atoms with Crippen molar-refractivity contribution in [1.82, 2.24) is 0 Å². The van der Waals surface area contributed by atoms with Crippen molar-refractivity contribution in [3.8, 4) is 0 Å². The quantitative estimate of drug-likeness (QED) is 0.590. The molecule has 1 nitrogen and oxygen atoms in total. The molecule has 0 spiro atoms. The second-order valence-electron chi connectivity index (χ2n) is 3.19. The molecule has 0 aliphatic heterocycles. The average molecular weight is 423 g/mol. The van der Waals surface area contributed by atoms with Crippen LogP contribution in [0.5, 0.6) is 0 Å². The Morgan fingerprint density at radius 1 is 0.812 bits per heavy atom. The minimum atomic E-state index is 0. The van der Waals surface area contributed by atoms with Crippen LogP contribution in [0.2, 0.25) is 0 Å². The molecule has 0 aliphatic rings. The molecule has 0 atom stereocenters. The molecular formula is C13H13NPbS. The van der Waals surface area contributed by atoms with Crippen LogP contribution >= 0.6 is 12.2 Å². The molecule has 0 unspecified atom stereocenters. The first-order valence-electron chi connectivity index (χ1n) is 4.78. The first-order valence-corrected chi connectivity index (χ1v) is 5.18. The summed E-state index contributed by atoms with van der Waals surface area (Å²) in [5.74, 6) is 0. The van der Waals surface area contributed by atoms with Gasteiger partial charge in [0.05, 0.1) is 0 Å². The molecule has 0 amide bonds. The van der Waals surface area contributed by atoms with E-state index in [4.69, 9.17) is 12.2 Å². The number of anilines is 1. The third-order valence-electron chi connectivity index (χ3n) is 2.07. The fourth-order valence-electron chi connectivity index (χ4n) is 1.31. The third-order valence-corrected chi connectivity index (χ3v) is 2.41. The molecule has 0 heterocycles. The van der Waals surface area contributed by atoms with Crippen LogP contribution in [0.4, 0.5) is 5.69 Å². The second kappa shape index (κ2) is 6.75. The minimum absolute atomic E-state index is 0. The van der Waals surface area contributed by atoms with Crippen molar-refractivity contribution < 1.29 is 0 Å². The standard InChI is InChI=1S/C13H11NS.Pb.2H/c15-13(11-7-3-1-4-8-11)14-12-9-5-2-6-10-12;;;/h1-10H,(H,14,15);;;. The van der Waals surface area contributed by atoms with Gasteiger partial charge >= 0.3 is 27.3 Å². The summed E-state index contributed by atoms with van der Waals surface area (Å²) in [7, 11) is 0. The third kappa shape index (κ3) is 3.68. The van der Waals surface area contributed by atoms with Crippen molar-refractivity contribution in [1.29, 1.82) is 0 Å². The summed E-state index contributed by atoms with van der Waals surface area (Å²) in [4.78, 5) is 0.752. The van der Waals surface area contributed by atoms with E-state index in [0.29, 0.717) is 0 Å². The summed E-state index contributed by atoms with van der Waals surface area (Å²) in [5, 5.41) is 3.19. The van der Waals surface area contributed by atoms with Crippen molar-refractivity contribution >= 4 is 50.2 Å². The molecule has 80 valence electrons. The van der Waals surface area contributed by atoms with Crippen LogP contribution in [0.1, 0.15) is 5.56 Å². The molecular weight excluding hydrogens is 409 g/mol. The first kappa shape index (κ1) is 13.3. The number of benzene rings is 2. The summed E-state index contributed by atoms with van der Waals surface area (Å²) in [6.07, 6.45) is 0. The Labute approximate surface area is 121 Å². The Kier molecular flexibility index (Phi) is 5.62. The Balaban J connectivity index is 0.00000128. The Hall–Kier alpha value is -0.748. The van der Waals surface area contributed by atoms with Gasteiger partial charge in [-0.15, -0.1) is 0 Å². The van der Waals surface area contributed by atoms with Gasteiger partial charge in [-0.3, -0.25) is 0 Å². The molecule has 0 saturated carbocycles. The van der Waals surface area contributed by atoms with Gasteiger partial charge in [0.25, 0.3) is 0 Å². The fourth-order valence-corrected chi connectivity index (χ4v) is 1.57. The number of para-hydroxylation sites is 1. The van der Waals surface area contributed by atoms with E-state index in [0.717, 1.165) is 16.2 Å². The van der Waals surface area contributed by atoms with E-state index >= 15 is 0 Å². The fraction of sp³-hybridized carbons (Fsp3) is 0. The Morgan fingerprint density at radius 3 is 1.88 bits per heavy atom. The predicted molar refractivity (Wildman–Crippen MR) is 76.8 cm³/mol. The van der Waals surface area contributed by atoms with Gasteiger partial charge in [0.2, 0.25) is 0 Å². The van der Waals surface area contributed by atoms with Crippen LogP contribution < -0.4 is 5.32 Å². The molecule has 2 radical (unpaired) electrons. The predicted octanol–water partition coefficient (Wildman–Crippen LogP) is 2.56. The number of nitrogens with one attached hydrogen (secondary N) is 1. The van der Waals surface area contributed by atoms with Crippen molar-refractivity contribution in [3.05, 3.63) is 66.2 Å². The zero-order chi connectivity index (χ0) is 10.5. The summed E-state index contributed by atoms with van der Waals surface area (Å²) in [6.45, 7) is 0. The molecule has 16 heavy (non-hydrogen) atoms. The molecule has 2 aromatic rings. The van der Waals surface area contributed by atoms with Gasteiger partial charge in [-0.1, -0.05) is 60.7 Å². The van der Waals surface area contributed by atoms with Gasteiger partial charge in [0.15, 0.2) is 0 Å². The molecule has 0 fully saturated rings. The van der Waals surface area contributed by atoms with Gasteiger partial charge in [-0.25, -0.2) is 0 Å². The molecule has 2 aromatic carbocycles. The van der Waals surface area contributed by atoms with E-state index in [1.165, 1.54) is 0 Å². The Morgan fingerprint density at radius 2 is 1.31 bits per heavy atom. The topological polar surface area (TPSA) is 12.0 Å². The van der Waals surface area contributed by atoms with Crippen LogP contribution in [-0.4, -0.2) is 32.3 Å². The molecule has 0 saturated heterocycles. The van der Waals surface area contributed by atoms with Crippen molar-refractivity contribution in [2.45, 2.75) is 0 Å². The zero-order valence-electron chi connectivity index (χ0n) is 8.89. The maximum absolute atomic E-state index is 5.29. The van der Waals surface area contributed by atoms with Crippen LogP contribution in [0, 0.1) is 0 Å². The van der Waals surface area contributed by atoms with Crippen molar-refractivity contribution in [3.63, 3.8) is 0 Å². The molecule has 1 N–H and O–H groups in total. The summed E-state index contributed by atoms with van der Waals surface area (Å²) in [5.41, 5.74) is 2.06. The van der Waals surface area contributed by atoms with Crippen molar-refractivity contribution in [2.75, 3.05) is 5.32 Å². The van der Waals surface area contributed by atoms with Gasteiger partial charge in [0.1, 0.15) is 4.99 Å². The summed E-state index contributed by atoms with van der Waals surface area (Å²) < 4.78 is 0. The SMILES string of the molecule is S=C(Nc1ccccc1)c1ccccc1.[PbH2]. The number of thiocarbonyl (C=S) groups is 1. The van der Waals surface area contributed by atoms with Gasteiger partial charge in [0, 0.05) is 11.3 Å². The van der Waals surface area contributed by atoms with Gasteiger partial charge < -0.3 is 5.32 Å². The molecule has 2 rings (SSSR count). The normalized spacial score (nSPS) is 9.00. The van der Waals surface area contributed by atoms with Gasteiger partial charge in [-0.2, -0.15) is 0 Å². The van der Waals surface area contributed by atoms with E-state index in [1.807, 2.05) is 60.7 Å². The van der Waals surface area contributed by atoms with Crippen LogP contribution in [0.15, 0.2) is 60.7 Å². The summed E-state index contributed by atoms with van der Waals surface area (Å²) in [6, 6.07) is 19.9. The monoisotopic (exact) mass is 423 g/mol. The zero-order valence-corrected chi connectivity index (χ0v) is 15.2.